The van der Waals surface area contributed by atoms with E-state index < -0.39 is 0 Å². The Morgan fingerprint density at radius 1 is 1.47 bits per heavy atom. The van der Waals surface area contributed by atoms with Crippen LogP contribution in [0, 0.1) is 6.92 Å². The van der Waals surface area contributed by atoms with Gasteiger partial charge in [0.05, 0.1) is 0 Å². The normalized spacial score (nSPS) is 19.6. The number of nitrogens with zero attached hydrogens (tertiary/aromatic N) is 3. The van der Waals surface area contributed by atoms with Crippen LogP contribution in [0.1, 0.15) is 31.3 Å². The number of hydrogen-bond donors (Lipinski definition) is 1. The summed E-state index contributed by atoms with van der Waals surface area (Å²) < 4.78 is 0. The molecule has 4 nitrogen and oxygen atoms in total. The van der Waals surface area contributed by atoms with Crippen molar-refractivity contribution in [1.82, 2.24) is 15.3 Å². The molecule has 0 spiro atoms. The van der Waals surface area contributed by atoms with Crippen molar-refractivity contribution in [2.45, 2.75) is 39.2 Å². The summed E-state index contributed by atoms with van der Waals surface area (Å²) in [4.78, 5) is 11.2. The minimum atomic E-state index is 0.611. The van der Waals surface area contributed by atoms with Crippen molar-refractivity contribution < 1.29 is 0 Å². The van der Waals surface area contributed by atoms with Crippen LogP contribution in [0.15, 0.2) is 6.07 Å². The maximum Gasteiger partial charge on any atom is 0.132 e. The second kappa shape index (κ2) is 5.45. The largest absolute Gasteiger partial charge is 0.358 e. The quantitative estimate of drug-likeness (QED) is 0.858. The highest BCUT2D eigenvalue weighted by atomic mass is 15.2. The number of nitrogens with one attached hydrogen (secondary N) is 1. The van der Waals surface area contributed by atoms with Crippen LogP contribution in [0.25, 0.3) is 0 Å². The Kier molecular flexibility index (Phi) is 3.94. The number of aryl methyl sites for hydroxylation is 2. The van der Waals surface area contributed by atoms with Crippen molar-refractivity contribution >= 4 is 5.82 Å². The summed E-state index contributed by atoms with van der Waals surface area (Å²) in [5.41, 5.74) is 1.12. The SMILES string of the molecule is CCc1cc(N(C)CC2CCCN2)nc(C)n1. The molecule has 0 aliphatic carbocycles. The smallest absolute Gasteiger partial charge is 0.132 e. The van der Waals surface area contributed by atoms with E-state index >= 15 is 0 Å². The van der Waals surface area contributed by atoms with Crippen LogP contribution in [-0.4, -0.2) is 36.1 Å². The van der Waals surface area contributed by atoms with Crippen molar-refractivity contribution in [2.24, 2.45) is 0 Å². The van der Waals surface area contributed by atoms with Gasteiger partial charge in [0.15, 0.2) is 0 Å². The predicted molar refractivity (Wildman–Crippen MR) is 70.4 cm³/mol. The fourth-order valence-electron chi connectivity index (χ4n) is 2.33. The highest BCUT2D eigenvalue weighted by Gasteiger charge is 2.17. The molecule has 1 aliphatic rings. The lowest BCUT2D eigenvalue weighted by Gasteiger charge is -2.22. The number of likely N-dealkylation sites (N-methyl/N-ethyl adjacent to an activating group) is 1. The summed E-state index contributed by atoms with van der Waals surface area (Å²) in [7, 11) is 2.11. The first-order valence-corrected chi connectivity index (χ1v) is 6.48. The van der Waals surface area contributed by atoms with Gasteiger partial charge in [0.25, 0.3) is 0 Å². The molecule has 1 aliphatic heterocycles. The van der Waals surface area contributed by atoms with Gasteiger partial charge >= 0.3 is 0 Å². The van der Waals surface area contributed by atoms with Crippen LogP contribution < -0.4 is 10.2 Å². The summed E-state index contributed by atoms with van der Waals surface area (Å²) in [6, 6.07) is 2.71. The second-order valence-electron chi connectivity index (χ2n) is 4.79. The topological polar surface area (TPSA) is 41.0 Å². The van der Waals surface area contributed by atoms with Crippen molar-refractivity contribution in [3.8, 4) is 0 Å². The van der Waals surface area contributed by atoms with Gasteiger partial charge in [-0.25, -0.2) is 9.97 Å². The van der Waals surface area contributed by atoms with Crippen molar-refractivity contribution in [3.63, 3.8) is 0 Å². The average Bonchev–Trinajstić information content (AvgIpc) is 2.81. The molecule has 1 saturated heterocycles. The molecule has 1 aromatic heterocycles. The van der Waals surface area contributed by atoms with Gasteiger partial charge in [0.2, 0.25) is 0 Å². The molecule has 94 valence electrons. The first-order valence-electron chi connectivity index (χ1n) is 6.48. The molecule has 0 bridgehead atoms. The van der Waals surface area contributed by atoms with Crippen molar-refractivity contribution in [2.75, 3.05) is 25.0 Å². The lowest BCUT2D eigenvalue weighted by Crippen LogP contribution is -2.35. The summed E-state index contributed by atoms with van der Waals surface area (Å²) >= 11 is 0. The van der Waals surface area contributed by atoms with Crippen LogP contribution in [0.4, 0.5) is 5.82 Å². The number of aromatic nitrogens is 2. The Bertz CT molecular complexity index is 372. The van der Waals surface area contributed by atoms with Crippen LogP contribution in [0.2, 0.25) is 0 Å². The summed E-state index contributed by atoms with van der Waals surface area (Å²) in [6.07, 6.45) is 3.53. The third kappa shape index (κ3) is 3.16. The van der Waals surface area contributed by atoms with Gasteiger partial charge in [-0.1, -0.05) is 6.92 Å². The molecule has 2 rings (SSSR count). The van der Waals surface area contributed by atoms with Crippen LogP contribution >= 0.6 is 0 Å². The molecule has 1 unspecified atom stereocenters. The Morgan fingerprint density at radius 2 is 2.29 bits per heavy atom. The minimum absolute atomic E-state index is 0.611. The van der Waals surface area contributed by atoms with E-state index in [2.05, 4.69) is 40.2 Å². The minimum Gasteiger partial charge on any atom is -0.358 e. The zero-order valence-corrected chi connectivity index (χ0v) is 11.0. The molecule has 0 amide bonds. The molecule has 0 aromatic carbocycles. The van der Waals surface area contributed by atoms with Gasteiger partial charge in [-0.3, -0.25) is 0 Å². The molecule has 1 N–H and O–H groups in total. The van der Waals surface area contributed by atoms with Crippen molar-refractivity contribution in [3.05, 3.63) is 17.6 Å². The molecule has 0 radical (unpaired) electrons. The molecule has 0 saturated carbocycles. The summed E-state index contributed by atoms with van der Waals surface area (Å²) in [5.74, 6) is 1.91. The zero-order valence-electron chi connectivity index (χ0n) is 11.0. The molecule has 2 heterocycles. The van der Waals surface area contributed by atoms with E-state index in [1.807, 2.05) is 6.92 Å². The lowest BCUT2D eigenvalue weighted by molar-refractivity contribution is 0.596. The van der Waals surface area contributed by atoms with Crippen LogP contribution in [0.5, 0.6) is 0 Å². The Hall–Kier alpha value is -1.16. The fourth-order valence-corrected chi connectivity index (χ4v) is 2.33. The van der Waals surface area contributed by atoms with E-state index in [1.54, 1.807) is 0 Å². The second-order valence-corrected chi connectivity index (χ2v) is 4.79. The molecule has 17 heavy (non-hydrogen) atoms. The molecule has 1 atom stereocenters. The van der Waals surface area contributed by atoms with E-state index in [0.29, 0.717) is 6.04 Å². The maximum absolute atomic E-state index is 4.51. The van der Waals surface area contributed by atoms with E-state index in [9.17, 15) is 0 Å². The first kappa shape index (κ1) is 12.3. The van der Waals surface area contributed by atoms with E-state index in [1.165, 1.54) is 12.8 Å². The van der Waals surface area contributed by atoms with Gasteiger partial charge in [-0.15, -0.1) is 0 Å². The van der Waals surface area contributed by atoms with E-state index in [4.69, 9.17) is 0 Å². The van der Waals surface area contributed by atoms with Gasteiger partial charge in [0, 0.05) is 31.4 Å². The Labute approximate surface area is 103 Å². The van der Waals surface area contributed by atoms with E-state index in [0.717, 1.165) is 36.8 Å². The van der Waals surface area contributed by atoms with Crippen LogP contribution in [0.3, 0.4) is 0 Å². The average molecular weight is 234 g/mol. The highest BCUT2D eigenvalue weighted by Crippen LogP contribution is 2.14. The molecule has 1 aromatic rings. The molecular weight excluding hydrogens is 212 g/mol. The number of rotatable bonds is 4. The first-order chi connectivity index (χ1) is 8.19. The molecule has 1 fully saturated rings. The highest BCUT2D eigenvalue weighted by molar-refractivity contribution is 5.39. The molecule has 4 heteroatoms. The standard InChI is InChI=1S/C13H22N4/c1-4-11-8-13(16-10(2)15-11)17(3)9-12-6-5-7-14-12/h8,12,14H,4-7,9H2,1-3H3. The number of anilines is 1. The maximum atomic E-state index is 4.51. The summed E-state index contributed by atoms with van der Waals surface area (Å²) in [6.45, 7) is 6.27. The zero-order chi connectivity index (χ0) is 12.3. The molecular formula is C13H22N4. The van der Waals surface area contributed by atoms with Gasteiger partial charge in [-0.05, 0) is 32.7 Å². The summed E-state index contributed by atoms with van der Waals surface area (Å²) in [5, 5.41) is 3.52. The number of hydrogen-bond acceptors (Lipinski definition) is 4. The monoisotopic (exact) mass is 234 g/mol. The third-order valence-electron chi connectivity index (χ3n) is 3.29. The third-order valence-corrected chi connectivity index (χ3v) is 3.29. The predicted octanol–water partition coefficient (Wildman–Crippen LogP) is 1.54. The fraction of sp³-hybridized carbons (Fsp3) is 0.692. The van der Waals surface area contributed by atoms with Gasteiger partial charge in [-0.2, -0.15) is 0 Å². The van der Waals surface area contributed by atoms with Crippen molar-refractivity contribution in [1.29, 1.82) is 0 Å². The van der Waals surface area contributed by atoms with Crippen LogP contribution in [-0.2, 0) is 6.42 Å². The van der Waals surface area contributed by atoms with Gasteiger partial charge in [0.1, 0.15) is 11.6 Å². The van der Waals surface area contributed by atoms with Gasteiger partial charge < -0.3 is 10.2 Å². The Morgan fingerprint density at radius 3 is 2.94 bits per heavy atom. The van der Waals surface area contributed by atoms with E-state index in [-0.39, 0.29) is 0 Å². The Balaban J connectivity index is 2.06. The lowest BCUT2D eigenvalue weighted by atomic mass is 10.2.